The predicted molar refractivity (Wildman–Crippen MR) is 218 cm³/mol. The van der Waals surface area contributed by atoms with Gasteiger partial charge in [0, 0.05) is 40.9 Å². The van der Waals surface area contributed by atoms with E-state index in [2.05, 4.69) is 21.3 Å². The normalized spacial score (nSPS) is 22.3. The van der Waals surface area contributed by atoms with Gasteiger partial charge in [-0.1, -0.05) is 13.8 Å². The molecule has 1 unspecified atom stereocenters. The SMILES string of the molecule is COc1ccc2c(O[C@@H]3CC(C(=O)N[C@@]4(C(=O)NS(=O)(=O)C5CC5)C[C@H]4C(F)F)N(C(=O)[C@@H](NC(=O)NC(C)(C)C)C(C)C)C3)cc(-c3csc(NC(C)C)n3)nc2c1. The molecule has 2 aliphatic carbocycles. The maximum Gasteiger partial charge on any atom is 0.315 e. The second kappa shape index (κ2) is 16.7. The van der Waals surface area contributed by atoms with Crippen molar-refractivity contribution in [3.05, 3.63) is 29.6 Å². The van der Waals surface area contributed by atoms with Crippen LogP contribution in [0.1, 0.15) is 74.1 Å². The molecule has 3 aromatic rings. The molecule has 59 heavy (non-hydrogen) atoms. The van der Waals surface area contributed by atoms with Gasteiger partial charge in [-0.3, -0.25) is 19.1 Å². The number of rotatable bonds is 15. The summed E-state index contributed by atoms with van der Waals surface area (Å²) in [6, 6.07) is 3.93. The molecule has 2 saturated carbocycles. The van der Waals surface area contributed by atoms with E-state index in [1.807, 2.05) is 23.9 Å². The Kier molecular flexibility index (Phi) is 12.3. The smallest absolute Gasteiger partial charge is 0.315 e. The third-order valence-corrected chi connectivity index (χ3v) is 12.9. The molecule has 5 N–H and O–H groups in total. The van der Waals surface area contributed by atoms with E-state index < -0.39 is 93.0 Å². The number of aromatic nitrogens is 2. The molecular weight excluding hydrogens is 811 g/mol. The number of methoxy groups -OCH3 is 1. The third-order valence-electron chi connectivity index (χ3n) is 10.3. The first kappa shape index (κ1) is 43.7. The summed E-state index contributed by atoms with van der Waals surface area (Å²) in [4.78, 5) is 66.0. The number of pyridine rings is 1. The number of nitrogens with zero attached hydrogens (tertiary/aromatic N) is 3. The minimum atomic E-state index is -4.14. The van der Waals surface area contributed by atoms with Crippen molar-refractivity contribution in [2.24, 2.45) is 11.8 Å². The average molecular weight is 863 g/mol. The first-order valence-corrected chi connectivity index (χ1v) is 22.0. The van der Waals surface area contributed by atoms with Gasteiger partial charge < -0.3 is 35.6 Å². The Hall–Kier alpha value is -4.85. The maximum absolute atomic E-state index is 14.5. The summed E-state index contributed by atoms with van der Waals surface area (Å²) in [6.07, 6.45) is -3.94. The van der Waals surface area contributed by atoms with Crippen LogP contribution in [0.5, 0.6) is 11.5 Å². The molecule has 3 heterocycles. The molecule has 0 radical (unpaired) electrons. The number of anilines is 1. The topological polar surface area (TPSA) is 210 Å². The molecule has 322 valence electrons. The number of ether oxygens (including phenoxy) is 2. The van der Waals surface area contributed by atoms with Crippen LogP contribution in [-0.2, 0) is 24.4 Å². The van der Waals surface area contributed by atoms with E-state index in [4.69, 9.17) is 19.4 Å². The van der Waals surface area contributed by atoms with Gasteiger partial charge in [0.25, 0.3) is 5.91 Å². The number of hydrogen-bond acceptors (Lipinski definition) is 12. The van der Waals surface area contributed by atoms with Crippen molar-refractivity contribution in [2.45, 2.75) is 121 Å². The molecule has 1 aromatic carbocycles. The summed E-state index contributed by atoms with van der Waals surface area (Å²) in [7, 11) is -2.62. The number of carbonyl (C=O) groups is 4. The van der Waals surface area contributed by atoms with Crippen LogP contribution in [0, 0.1) is 11.8 Å². The lowest BCUT2D eigenvalue weighted by atomic mass is 10.0. The molecule has 0 spiro atoms. The largest absolute Gasteiger partial charge is 0.497 e. The van der Waals surface area contributed by atoms with Crippen molar-refractivity contribution in [3.8, 4) is 22.9 Å². The van der Waals surface area contributed by atoms with Crippen LogP contribution in [0.3, 0.4) is 0 Å². The van der Waals surface area contributed by atoms with Crippen LogP contribution in [0.2, 0.25) is 0 Å². The Labute approximate surface area is 346 Å². The molecule has 1 aliphatic heterocycles. The molecule has 5 atom stereocenters. The first-order chi connectivity index (χ1) is 27.6. The molecule has 3 fully saturated rings. The summed E-state index contributed by atoms with van der Waals surface area (Å²) in [5.74, 6) is -4.10. The maximum atomic E-state index is 14.5. The van der Waals surface area contributed by atoms with E-state index >= 15 is 0 Å². The Morgan fingerprint density at radius 2 is 1.75 bits per heavy atom. The van der Waals surface area contributed by atoms with Gasteiger partial charge in [0.05, 0.1) is 36.0 Å². The van der Waals surface area contributed by atoms with Gasteiger partial charge in [-0.25, -0.2) is 32.0 Å². The number of thiazole rings is 1. The van der Waals surface area contributed by atoms with Gasteiger partial charge in [0.1, 0.15) is 40.9 Å². The first-order valence-electron chi connectivity index (χ1n) is 19.5. The standard InChI is InChI=1S/C39H52F2N8O8S2/c1-19(2)31(45-36(53)47-38(5,6)7)34(51)49-17-22(14-29(49)33(50)46-39(16-25(39)32(40)41)35(52)48-59(54,55)23-10-11-23)57-30-15-27(28-18-58-37(44-28)42-20(3)4)43-26-13-21(56-8)9-12-24(26)30/h9,12-13,15,18-20,22-23,25,29,31-32H,10-11,14,16-17H2,1-8H3,(H,42,44)(H,46,50)(H,48,52)(H2,45,47,53)/t22-,25+,29?,31+,39+/m1/s1. The fourth-order valence-corrected chi connectivity index (χ4v) is 9.26. The fraction of sp³-hybridized carbons (Fsp3) is 0.590. The number of likely N-dealkylation sites (tertiary alicyclic amines) is 1. The molecular formula is C39H52F2N8O8S2. The summed E-state index contributed by atoms with van der Waals surface area (Å²) in [5, 5.41) is 13.5. The Morgan fingerprint density at radius 1 is 1.03 bits per heavy atom. The summed E-state index contributed by atoms with van der Waals surface area (Å²) < 4.78 is 67.8. The Balaban J connectivity index is 1.34. The van der Waals surface area contributed by atoms with Gasteiger partial charge in [-0.2, -0.15) is 0 Å². The van der Waals surface area contributed by atoms with E-state index in [-0.39, 0.29) is 19.0 Å². The average Bonchev–Trinajstić information content (AvgIpc) is 4.04. The van der Waals surface area contributed by atoms with E-state index in [1.54, 1.807) is 58.9 Å². The molecule has 5 amide bonds. The number of sulfonamides is 1. The monoisotopic (exact) mass is 862 g/mol. The van der Waals surface area contributed by atoms with Crippen molar-refractivity contribution in [1.29, 1.82) is 0 Å². The number of alkyl halides is 2. The van der Waals surface area contributed by atoms with E-state index in [0.29, 0.717) is 51.8 Å². The number of hydrogen-bond donors (Lipinski definition) is 5. The summed E-state index contributed by atoms with van der Waals surface area (Å²) >= 11 is 1.40. The van der Waals surface area contributed by atoms with Crippen molar-refractivity contribution in [3.63, 3.8) is 0 Å². The zero-order valence-corrected chi connectivity index (χ0v) is 35.9. The molecule has 3 aliphatic rings. The van der Waals surface area contributed by atoms with Crippen LogP contribution in [0.4, 0.5) is 18.7 Å². The number of halogens is 2. The number of amides is 5. The van der Waals surface area contributed by atoms with Crippen LogP contribution < -0.4 is 35.5 Å². The van der Waals surface area contributed by atoms with Crippen molar-refractivity contribution < 1.29 is 45.9 Å². The van der Waals surface area contributed by atoms with Gasteiger partial charge in [-0.05, 0) is 71.9 Å². The van der Waals surface area contributed by atoms with E-state index in [9.17, 15) is 36.4 Å². The lowest BCUT2D eigenvalue weighted by Crippen LogP contribution is -2.60. The number of carbonyl (C=O) groups excluding carboxylic acids is 4. The van der Waals surface area contributed by atoms with Gasteiger partial charge in [0.2, 0.25) is 28.3 Å². The van der Waals surface area contributed by atoms with Crippen LogP contribution in [0.25, 0.3) is 22.3 Å². The molecule has 16 nitrogen and oxygen atoms in total. The van der Waals surface area contributed by atoms with E-state index in [1.165, 1.54) is 23.3 Å². The minimum Gasteiger partial charge on any atom is -0.497 e. The van der Waals surface area contributed by atoms with Gasteiger partial charge in [-0.15, -0.1) is 11.3 Å². The molecule has 2 aromatic heterocycles. The molecule has 1 saturated heterocycles. The molecule has 6 rings (SSSR count). The zero-order chi connectivity index (χ0) is 43.2. The lowest BCUT2D eigenvalue weighted by Gasteiger charge is -2.32. The van der Waals surface area contributed by atoms with Crippen LogP contribution >= 0.6 is 11.3 Å². The highest BCUT2D eigenvalue weighted by molar-refractivity contribution is 7.91. The third kappa shape index (κ3) is 9.96. The Bertz CT molecular complexity index is 2210. The van der Waals surface area contributed by atoms with Crippen LogP contribution in [-0.4, -0.2) is 108 Å². The van der Waals surface area contributed by atoms with Crippen molar-refractivity contribution >= 4 is 61.1 Å². The number of nitrogens with one attached hydrogen (secondary N) is 5. The van der Waals surface area contributed by atoms with Gasteiger partial charge >= 0.3 is 6.03 Å². The van der Waals surface area contributed by atoms with E-state index in [0.717, 1.165) is 0 Å². The zero-order valence-electron chi connectivity index (χ0n) is 34.2. The van der Waals surface area contributed by atoms with Gasteiger partial charge in [0.15, 0.2) is 5.13 Å². The second-order valence-corrected chi connectivity index (χ2v) is 19.9. The summed E-state index contributed by atoms with van der Waals surface area (Å²) in [5.41, 5.74) is -1.31. The molecule has 20 heteroatoms. The number of benzene rings is 1. The Morgan fingerprint density at radius 3 is 2.34 bits per heavy atom. The fourth-order valence-electron chi connectivity index (χ4n) is 7.04. The predicted octanol–water partition coefficient (Wildman–Crippen LogP) is 4.41. The highest BCUT2D eigenvalue weighted by Gasteiger charge is 2.66. The highest BCUT2D eigenvalue weighted by atomic mass is 32.2. The number of urea groups is 1. The minimum absolute atomic E-state index is 0.138. The number of fused-ring (bicyclic) bond motifs is 1. The highest BCUT2D eigenvalue weighted by Crippen LogP contribution is 2.48. The quantitative estimate of drug-likeness (QED) is 0.145. The molecule has 0 bridgehead atoms. The van der Waals surface area contributed by atoms with Crippen molar-refractivity contribution in [1.82, 2.24) is 35.5 Å². The van der Waals surface area contributed by atoms with Crippen molar-refractivity contribution in [2.75, 3.05) is 19.0 Å². The lowest BCUT2D eigenvalue weighted by molar-refractivity contribution is -0.141. The van der Waals surface area contributed by atoms with Crippen LogP contribution in [0.15, 0.2) is 29.6 Å². The summed E-state index contributed by atoms with van der Waals surface area (Å²) in [6.45, 7) is 12.6. The second-order valence-electron chi connectivity index (χ2n) is 17.1.